The van der Waals surface area contributed by atoms with Crippen molar-refractivity contribution in [1.82, 2.24) is 20.4 Å². The fourth-order valence-corrected chi connectivity index (χ4v) is 5.73. The molecule has 4 heterocycles. The fourth-order valence-electron chi connectivity index (χ4n) is 5.49. The Balaban J connectivity index is 1.35. The lowest BCUT2D eigenvalue weighted by Crippen LogP contribution is -2.53. The summed E-state index contributed by atoms with van der Waals surface area (Å²) in [6.45, 7) is 8.65. The second-order valence-electron chi connectivity index (χ2n) is 10.3. The molecular weight excluding hydrogens is 502 g/mol. The van der Waals surface area contributed by atoms with E-state index < -0.39 is 5.66 Å². The van der Waals surface area contributed by atoms with Crippen LogP contribution in [-0.2, 0) is 4.74 Å². The van der Waals surface area contributed by atoms with Gasteiger partial charge >= 0.3 is 6.03 Å². The second-order valence-corrected chi connectivity index (χ2v) is 10.7. The minimum absolute atomic E-state index is 0.0554. The number of anilines is 1. The minimum atomic E-state index is -0.480. The van der Waals surface area contributed by atoms with Gasteiger partial charge in [-0.05, 0) is 51.0 Å². The van der Waals surface area contributed by atoms with E-state index in [9.17, 15) is 4.79 Å². The van der Waals surface area contributed by atoms with Crippen molar-refractivity contribution in [2.75, 3.05) is 38.6 Å². The molecule has 0 bridgehead atoms. The van der Waals surface area contributed by atoms with Crippen LogP contribution in [0.3, 0.4) is 0 Å². The van der Waals surface area contributed by atoms with Crippen LogP contribution < -0.4 is 20.7 Å². The number of benzene rings is 1. The number of hydrogen-bond donors (Lipinski definition) is 3. The highest BCUT2D eigenvalue weighted by atomic mass is 35.5. The molecule has 2 amide bonds. The molecule has 1 aromatic rings. The summed E-state index contributed by atoms with van der Waals surface area (Å²) in [7, 11) is 1.57. The summed E-state index contributed by atoms with van der Waals surface area (Å²) in [6, 6.07) is 3.76. The first-order valence-electron chi connectivity index (χ1n) is 12.9. The average Bonchev–Trinajstić information content (AvgIpc) is 3.27. The van der Waals surface area contributed by atoms with Crippen molar-refractivity contribution in [3.05, 3.63) is 69.7 Å². The average molecular weight is 536 g/mol. The molecule has 1 aromatic carbocycles. The molecular formula is C29H34ClN5O3. The molecule has 5 rings (SSSR count). The zero-order valence-corrected chi connectivity index (χ0v) is 23.0. The molecule has 1 saturated heterocycles. The summed E-state index contributed by atoms with van der Waals surface area (Å²) in [4.78, 5) is 17.0. The predicted molar refractivity (Wildman–Crippen MR) is 150 cm³/mol. The fraction of sp³-hybridized carbons (Fsp3) is 0.414. The number of amides is 2. The Hall–Kier alpha value is -3.54. The third-order valence-electron chi connectivity index (χ3n) is 7.33. The maximum atomic E-state index is 13.1. The van der Waals surface area contributed by atoms with Crippen LogP contribution in [0, 0.1) is 12.3 Å². The van der Waals surface area contributed by atoms with Gasteiger partial charge in [-0.3, -0.25) is 0 Å². The molecule has 1 unspecified atom stereocenters. The van der Waals surface area contributed by atoms with Crippen molar-refractivity contribution in [3.8, 4) is 18.1 Å². The van der Waals surface area contributed by atoms with Crippen molar-refractivity contribution in [3.63, 3.8) is 0 Å². The smallest absolute Gasteiger partial charge is 0.320 e. The zero-order chi connectivity index (χ0) is 27.0. The minimum Gasteiger partial charge on any atom is -0.495 e. The summed E-state index contributed by atoms with van der Waals surface area (Å²) in [5, 5.41) is 11.0. The van der Waals surface area contributed by atoms with Crippen LogP contribution >= 0.6 is 11.6 Å². The predicted octanol–water partition coefficient (Wildman–Crippen LogP) is 4.18. The highest BCUT2D eigenvalue weighted by Gasteiger charge is 2.38. The normalized spacial score (nSPS) is 26.5. The molecule has 200 valence electrons. The quantitative estimate of drug-likeness (QED) is 0.502. The topological polar surface area (TPSA) is 78.1 Å². The number of urea groups is 1. The van der Waals surface area contributed by atoms with Gasteiger partial charge in [0.1, 0.15) is 11.4 Å². The second kappa shape index (κ2) is 10.3. The summed E-state index contributed by atoms with van der Waals surface area (Å²) in [5.74, 6) is 3.14. The number of allylic oxidation sites excluding steroid dienone is 2. The molecule has 0 spiro atoms. The number of nitrogens with one attached hydrogen (secondary N) is 3. The molecule has 4 aliphatic heterocycles. The lowest BCUT2D eigenvalue weighted by molar-refractivity contribution is -0.0580. The molecule has 1 fully saturated rings. The number of rotatable bonds is 4. The van der Waals surface area contributed by atoms with Crippen LogP contribution in [0.5, 0.6) is 5.75 Å². The van der Waals surface area contributed by atoms with E-state index >= 15 is 0 Å². The monoisotopic (exact) mass is 535 g/mol. The molecule has 8 nitrogen and oxygen atoms in total. The van der Waals surface area contributed by atoms with Crippen LogP contribution in [0.25, 0.3) is 0 Å². The molecule has 3 atom stereocenters. The number of carbonyl (C=O) groups excluding carboxylic acids is 1. The van der Waals surface area contributed by atoms with E-state index in [1.165, 1.54) is 5.57 Å². The highest BCUT2D eigenvalue weighted by molar-refractivity contribution is 6.33. The SMILES string of the molecule is C#Cc1cc(NC2=C3C=C(C4=CCN(C(=O)N5C[C@@H](C)O[C@@H](C)C5)CC4)NC3(C)NC=C2)cc(OC)c1Cl. The van der Waals surface area contributed by atoms with Crippen molar-refractivity contribution >= 4 is 23.3 Å². The number of nitrogens with zero attached hydrogens (tertiary/aromatic N) is 2. The maximum absolute atomic E-state index is 13.1. The first-order valence-corrected chi connectivity index (χ1v) is 13.3. The van der Waals surface area contributed by atoms with E-state index in [1.807, 2.05) is 48.1 Å². The molecule has 0 aliphatic carbocycles. The summed E-state index contributed by atoms with van der Waals surface area (Å²) >= 11 is 6.34. The first-order chi connectivity index (χ1) is 18.2. The molecule has 3 N–H and O–H groups in total. The number of halogens is 1. The van der Waals surface area contributed by atoms with Crippen molar-refractivity contribution < 1.29 is 14.3 Å². The lowest BCUT2D eigenvalue weighted by atomic mass is 9.98. The van der Waals surface area contributed by atoms with E-state index in [2.05, 4.69) is 40.9 Å². The molecule has 9 heteroatoms. The number of methoxy groups -OCH3 is 1. The summed E-state index contributed by atoms with van der Waals surface area (Å²) in [5.41, 5.74) is 5.13. The van der Waals surface area contributed by atoms with Gasteiger partial charge in [0.25, 0.3) is 0 Å². The first kappa shape index (κ1) is 26.1. The molecule has 38 heavy (non-hydrogen) atoms. The Labute approximate surface area is 229 Å². The number of carbonyl (C=O) groups is 1. The van der Waals surface area contributed by atoms with E-state index in [0.717, 1.165) is 29.1 Å². The number of hydrogen-bond acceptors (Lipinski definition) is 6. The Kier molecular flexibility index (Phi) is 7.08. The Morgan fingerprint density at radius 1 is 1.29 bits per heavy atom. The number of terminal acetylenes is 1. The van der Waals surface area contributed by atoms with E-state index in [-0.39, 0.29) is 18.2 Å². The van der Waals surface area contributed by atoms with Gasteiger partial charge < -0.3 is 35.2 Å². The van der Waals surface area contributed by atoms with Gasteiger partial charge in [0.15, 0.2) is 0 Å². The Morgan fingerprint density at radius 3 is 2.71 bits per heavy atom. The van der Waals surface area contributed by atoms with Gasteiger partial charge in [-0.15, -0.1) is 6.42 Å². The van der Waals surface area contributed by atoms with Crippen LogP contribution in [0.15, 0.2) is 59.1 Å². The largest absolute Gasteiger partial charge is 0.495 e. The Morgan fingerprint density at radius 2 is 2.05 bits per heavy atom. The van der Waals surface area contributed by atoms with Crippen molar-refractivity contribution in [1.29, 1.82) is 0 Å². The maximum Gasteiger partial charge on any atom is 0.320 e. The van der Waals surface area contributed by atoms with E-state index in [0.29, 0.717) is 42.5 Å². The van der Waals surface area contributed by atoms with Gasteiger partial charge in [0.2, 0.25) is 0 Å². The highest BCUT2D eigenvalue weighted by Crippen LogP contribution is 2.37. The molecule has 0 saturated carbocycles. The third-order valence-corrected chi connectivity index (χ3v) is 7.72. The number of morpholine rings is 1. The number of ether oxygens (including phenoxy) is 2. The van der Waals surface area contributed by atoms with Crippen LogP contribution in [-0.4, -0.2) is 67.0 Å². The zero-order valence-electron chi connectivity index (χ0n) is 22.2. The van der Waals surface area contributed by atoms with Crippen LogP contribution in [0.2, 0.25) is 5.02 Å². The van der Waals surface area contributed by atoms with Crippen molar-refractivity contribution in [2.24, 2.45) is 0 Å². The van der Waals surface area contributed by atoms with Gasteiger partial charge in [-0.2, -0.15) is 0 Å². The Bertz CT molecular complexity index is 1300. The van der Waals surface area contributed by atoms with Gasteiger partial charge in [-0.1, -0.05) is 23.6 Å². The van der Waals surface area contributed by atoms with Crippen LogP contribution in [0.4, 0.5) is 10.5 Å². The van der Waals surface area contributed by atoms with Crippen molar-refractivity contribution in [2.45, 2.75) is 45.1 Å². The molecule has 0 radical (unpaired) electrons. The van der Waals surface area contributed by atoms with Gasteiger partial charge in [-0.25, -0.2) is 4.79 Å². The molecule has 0 aromatic heterocycles. The van der Waals surface area contributed by atoms with Crippen LogP contribution in [0.1, 0.15) is 32.8 Å². The molecule has 4 aliphatic rings. The van der Waals surface area contributed by atoms with E-state index in [1.54, 1.807) is 7.11 Å². The standard InChI is InChI=1S/C29H34ClN5O3/c1-6-20-13-22(14-26(37-5)27(20)30)32-24-7-10-31-29(4)23(24)15-25(33-29)21-8-11-34(12-9-21)28(36)35-16-18(2)38-19(3)17-35/h1,7-8,10,13-15,18-19,31-33H,9,11-12,16-17H2,2-5H3/t18-,19+,29?. The van der Waals surface area contributed by atoms with Gasteiger partial charge in [0.05, 0.1) is 24.3 Å². The van der Waals surface area contributed by atoms with Gasteiger partial charge in [0, 0.05) is 66.7 Å². The third kappa shape index (κ3) is 4.96. The number of dihydropyridines is 1. The lowest BCUT2D eigenvalue weighted by Gasteiger charge is -2.39. The van der Waals surface area contributed by atoms with E-state index in [4.69, 9.17) is 27.5 Å². The summed E-state index contributed by atoms with van der Waals surface area (Å²) < 4.78 is 11.2. The number of fused-ring (bicyclic) bond motifs is 1. The summed E-state index contributed by atoms with van der Waals surface area (Å²) in [6.07, 6.45) is 14.8.